The van der Waals surface area contributed by atoms with Gasteiger partial charge in [0.15, 0.2) is 16.1 Å². The van der Waals surface area contributed by atoms with E-state index >= 15 is 0 Å². The van der Waals surface area contributed by atoms with Crippen molar-refractivity contribution in [2.75, 3.05) is 11.1 Å². The van der Waals surface area contributed by atoms with Crippen LogP contribution < -0.4 is 5.32 Å². The predicted molar refractivity (Wildman–Crippen MR) is 97.6 cm³/mol. The van der Waals surface area contributed by atoms with Crippen LogP contribution in [0.2, 0.25) is 5.15 Å². The summed E-state index contributed by atoms with van der Waals surface area (Å²) in [5, 5.41) is 14.2. The Hall–Kier alpha value is -1.90. The minimum atomic E-state index is -0.168. The topological polar surface area (TPSA) is 72.7 Å². The first-order valence-electron chi connectivity index (χ1n) is 7.19. The first kappa shape index (κ1) is 16.9. The summed E-state index contributed by atoms with van der Waals surface area (Å²) in [6, 6.07) is 7.41. The fraction of sp³-hybridized carbons (Fsp3) is 0.200. The molecule has 0 aliphatic rings. The van der Waals surface area contributed by atoms with Gasteiger partial charge in [0, 0.05) is 12.7 Å². The van der Waals surface area contributed by atoms with Crippen LogP contribution in [0.1, 0.15) is 6.92 Å². The van der Waals surface area contributed by atoms with E-state index in [1.54, 1.807) is 29.7 Å². The molecule has 1 N–H and O–H groups in total. The summed E-state index contributed by atoms with van der Waals surface area (Å²) in [5.41, 5.74) is 0.501. The summed E-state index contributed by atoms with van der Waals surface area (Å²) in [6.45, 7) is 2.76. The van der Waals surface area contributed by atoms with Gasteiger partial charge < -0.3 is 9.88 Å². The Kier molecular flexibility index (Phi) is 5.49. The van der Waals surface area contributed by atoms with Gasteiger partial charge in [-0.15, -0.1) is 21.5 Å². The molecule has 0 bridgehead atoms. The molecule has 9 heteroatoms. The third kappa shape index (κ3) is 3.77. The molecule has 124 valence electrons. The number of halogens is 1. The number of carbonyl (C=O) groups excluding carboxylic acids is 1. The van der Waals surface area contributed by atoms with E-state index in [9.17, 15) is 4.79 Å². The van der Waals surface area contributed by atoms with Gasteiger partial charge in [-0.3, -0.25) is 4.79 Å². The van der Waals surface area contributed by atoms with Crippen molar-refractivity contribution in [1.29, 1.82) is 0 Å². The minimum absolute atomic E-state index is 0.168. The fourth-order valence-electron chi connectivity index (χ4n) is 2.06. The van der Waals surface area contributed by atoms with Gasteiger partial charge in [0.2, 0.25) is 5.91 Å². The zero-order valence-corrected chi connectivity index (χ0v) is 15.2. The third-order valence-corrected chi connectivity index (χ3v) is 5.27. The lowest BCUT2D eigenvalue weighted by molar-refractivity contribution is -0.113. The zero-order valence-electron chi connectivity index (χ0n) is 12.8. The van der Waals surface area contributed by atoms with Crippen LogP contribution in [0, 0.1) is 0 Å². The molecule has 0 saturated carbocycles. The van der Waals surface area contributed by atoms with Crippen LogP contribution in [0.15, 0.2) is 41.0 Å². The fourth-order valence-corrected chi connectivity index (χ4v) is 3.75. The molecule has 3 aromatic heterocycles. The van der Waals surface area contributed by atoms with Crippen molar-refractivity contribution in [3.05, 3.63) is 41.0 Å². The Labute approximate surface area is 152 Å². The number of nitrogens with one attached hydrogen (secondary N) is 1. The number of hydrogen-bond donors (Lipinski definition) is 1. The van der Waals surface area contributed by atoms with E-state index in [1.807, 2.05) is 29.0 Å². The molecule has 0 fully saturated rings. The Bertz CT molecular complexity index is 834. The molecule has 3 aromatic rings. The predicted octanol–water partition coefficient (Wildman–Crippen LogP) is 3.81. The molecule has 1 amide bonds. The summed E-state index contributed by atoms with van der Waals surface area (Å²) < 4.78 is 2.00. The highest BCUT2D eigenvalue weighted by molar-refractivity contribution is 7.99. The maximum Gasteiger partial charge on any atom is 0.234 e. The van der Waals surface area contributed by atoms with Gasteiger partial charge >= 0.3 is 0 Å². The molecule has 0 aliphatic heterocycles. The van der Waals surface area contributed by atoms with Crippen LogP contribution in [-0.2, 0) is 11.3 Å². The molecule has 3 heterocycles. The monoisotopic (exact) mass is 379 g/mol. The van der Waals surface area contributed by atoms with Gasteiger partial charge in [-0.05, 0) is 30.5 Å². The van der Waals surface area contributed by atoms with E-state index in [0.717, 1.165) is 17.2 Å². The van der Waals surface area contributed by atoms with Crippen molar-refractivity contribution < 1.29 is 4.79 Å². The Balaban J connectivity index is 1.67. The highest BCUT2D eigenvalue weighted by Gasteiger charge is 2.15. The number of carbonyl (C=O) groups is 1. The smallest absolute Gasteiger partial charge is 0.234 e. The van der Waals surface area contributed by atoms with Gasteiger partial charge in [0.1, 0.15) is 0 Å². The molecule has 6 nitrogen and oxygen atoms in total. The largest absolute Gasteiger partial charge is 0.323 e. The van der Waals surface area contributed by atoms with E-state index < -0.39 is 0 Å². The average molecular weight is 380 g/mol. The van der Waals surface area contributed by atoms with Crippen LogP contribution >= 0.6 is 34.7 Å². The normalized spacial score (nSPS) is 10.8. The van der Waals surface area contributed by atoms with E-state index in [2.05, 4.69) is 20.5 Å². The molecule has 0 aliphatic carbocycles. The van der Waals surface area contributed by atoms with Gasteiger partial charge in [-0.2, -0.15) is 0 Å². The molecule has 0 unspecified atom stereocenters. The zero-order chi connectivity index (χ0) is 16.9. The van der Waals surface area contributed by atoms with Crippen molar-refractivity contribution in [2.24, 2.45) is 0 Å². The maximum absolute atomic E-state index is 12.1. The number of aromatic nitrogens is 4. The summed E-state index contributed by atoms with van der Waals surface area (Å²) in [5.74, 6) is 0.872. The molecule has 0 aromatic carbocycles. The van der Waals surface area contributed by atoms with Crippen LogP contribution in [0.25, 0.3) is 10.7 Å². The van der Waals surface area contributed by atoms with Crippen LogP contribution in [-0.4, -0.2) is 31.4 Å². The summed E-state index contributed by atoms with van der Waals surface area (Å²) in [6.07, 6.45) is 1.57. The molecule has 0 spiro atoms. The van der Waals surface area contributed by atoms with Crippen LogP contribution in [0.3, 0.4) is 0 Å². The average Bonchev–Trinajstić information content (AvgIpc) is 3.23. The molecular formula is C15H14ClN5OS2. The molecular weight excluding hydrogens is 366 g/mol. The Morgan fingerprint density at radius 1 is 1.38 bits per heavy atom. The number of hydrogen-bond acceptors (Lipinski definition) is 6. The number of rotatable bonds is 6. The van der Waals surface area contributed by atoms with Gasteiger partial charge in [0.25, 0.3) is 0 Å². The van der Waals surface area contributed by atoms with E-state index in [4.69, 9.17) is 11.6 Å². The quantitative estimate of drug-likeness (QED) is 0.520. The highest BCUT2D eigenvalue weighted by atomic mass is 35.5. The second-order valence-corrected chi connectivity index (χ2v) is 6.95. The van der Waals surface area contributed by atoms with Gasteiger partial charge in [0.05, 0.1) is 16.3 Å². The minimum Gasteiger partial charge on any atom is -0.323 e. The summed E-state index contributed by atoms with van der Waals surface area (Å²) >= 11 is 8.89. The highest BCUT2D eigenvalue weighted by Crippen LogP contribution is 2.27. The summed E-state index contributed by atoms with van der Waals surface area (Å²) in [4.78, 5) is 17.1. The lowest BCUT2D eigenvalue weighted by Gasteiger charge is -2.07. The van der Waals surface area contributed by atoms with Crippen molar-refractivity contribution in [1.82, 2.24) is 19.7 Å². The molecule has 3 rings (SSSR count). The molecule has 0 atom stereocenters. The number of anilines is 1. The maximum atomic E-state index is 12.1. The van der Waals surface area contributed by atoms with Crippen LogP contribution in [0.4, 0.5) is 5.69 Å². The second-order valence-electron chi connectivity index (χ2n) is 4.71. The molecule has 0 saturated heterocycles. The first-order valence-corrected chi connectivity index (χ1v) is 9.43. The van der Waals surface area contributed by atoms with Gasteiger partial charge in [-0.25, -0.2) is 4.98 Å². The number of amides is 1. The molecule has 0 radical (unpaired) electrons. The SMILES string of the molecule is CCn1c(SCC(=O)Nc2cccnc2Cl)nnc1-c1cccs1. The van der Waals surface area contributed by atoms with Crippen molar-refractivity contribution >= 4 is 46.3 Å². The van der Waals surface area contributed by atoms with Crippen LogP contribution in [0.5, 0.6) is 0 Å². The van der Waals surface area contributed by atoms with E-state index in [0.29, 0.717) is 10.8 Å². The van der Waals surface area contributed by atoms with Crippen molar-refractivity contribution in [2.45, 2.75) is 18.6 Å². The number of thioether (sulfide) groups is 1. The third-order valence-electron chi connectivity index (χ3n) is 3.14. The van der Waals surface area contributed by atoms with Crippen molar-refractivity contribution in [3.63, 3.8) is 0 Å². The lowest BCUT2D eigenvalue weighted by atomic mass is 10.4. The Morgan fingerprint density at radius 3 is 2.96 bits per heavy atom. The molecule has 24 heavy (non-hydrogen) atoms. The Morgan fingerprint density at radius 2 is 2.25 bits per heavy atom. The number of nitrogens with zero attached hydrogens (tertiary/aromatic N) is 4. The van der Waals surface area contributed by atoms with Crippen molar-refractivity contribution in [3.8, 4) is 10.7 Å². The standard InChI is InChI=1S/C15H14ClN5OS2/c1-2-21-14(11-6-4-8-23-11)19-20-15(21)24-9-12(22)18-10-5-3-7-17-13(10)16/h3-8H,2,9H2,1H3,(H,18,22). The second kappa shape index (κ2) is 7.78. The van der Waals surface area contributed by atoms with E-state index in [-0.39, 0.29) is 16.8 Å². The van der Waals surface area contributed by atoms with Gasteiger partial charge in [-0.1, -0.05) is 29.4 Å². The number of pyridine rings is 1. The number of thiophene rings is 1. The lowest BCUT2D eigenvalue weighted by Crippen LogP contribution is -2.15. The first-order chi connectivity index (χ1) is 11.7. The van der Waals surface area contributed by atoms with E-state index in [1.165, 1.54) is 11.8 Å². The summed E-state index contributed by atoms with van der Waals surface area (Å²) in [7, 11) is 0.